The molecular formula is C27H27NO7. The predicted octanol–water partition coefficient (Wildman–Crippen LogP) is 3.73. The fourth-order valence-electron chi connectivity index (χ4n) is 4.36. The van der Waals surface area contributed by atoms with Crippen LogP contribution in [0.4, 0.5) is 5.69 Å². The van der Waals surface area contributed by atoms with E-state index in [1.54, 1.807) is 55.6 Å². The summed E-state index contributed by atoms with van der Waals surface area (Å²) in [4.78, 5) is 28.4. The number of aliphatic hydroxyl groups is 1. The number of methoxy groups -OCH3 is 4. The fourth-order valence-corrected chi connectivity index (χ4v) is 4.36. The van der Waals surface area contributed by atoms with Gasteiger partial charge in [0.05, 0.1) is 52.7 Å². The van der Waals surface area contributed by atoms with Crippen molar-refractivity contribution in [3.8, 4) is 23.0 Å². The lowest BCUT2D eigenvalue weighted by atomic mass is 9.88. The number of hydrogen-bond donors (Lipinski definition) is 1. The first-order chi connectivity index (χ1) is 16.9. The molecule has 1 unspecified atom stereocenters. The molecule has 8 nitrogen and oxygen atoms in total. The zero-order valence-corrected chi connectivity index (χ0v) is 20.0. The Balaban J connectivity index is 1.68. The van der Waals surface area contributed by atoms with Crippen LogP contribution < -0.4 is 23.8 Å². The summed E-state index contributed by atoms with van der Waals surface area (Å²) >= 11 is 0. The number of anilines is 1. The van der Waals surface area contributed by atoms with E-state index < -0.39 is 23.7 Å². The molecule has 35 heavy (non-hydrogen) atoms. The molecule has 1 N–H and O–H groups in total. The SMILES string of the molecule is COc1ccc(OC)c(C(=O)CC2(O)C(=O)N(Cc3ccc(OC)c(OC)c3)c3ccccc32)c1. The van der Waals surface area contributed by atoms with Gasteiger partial charge in [-0.3, -0.25) is 9.59 Å². The molecule has 1 aliphatic rings. The lowest BCUT2D eigenvalue weighted by Gasteiger charge is -2.23. The molecule has 4 rings (SSSR count). The highest BCUT2D eigenvalue weighted by Gasteiger charge is 2.51. The van der Waals surface area contributed by atoms with Gasteiger partial charge in [0.1, 0.15) is 11.5 Å². The number of ketones is 1. The largest absolute Gasteiger partial charge is 0.497 e. The molecule has 0 saturated heterocycles. The Morgan fingerprint density at radius 3 is 2.23 bits per heavy atom. The molecule has 3 aromatic carbocycles. The first-order valence-electron chi connectivity index (χ1n) is 11.0. The summed E-state index contributed by atoms with van der Waals surface area (Å²) in [6.45, 7) is 0.176. The number of nitrogens with zero attached hydrogens (tertiary/aromatic N) is 1. The van der Waals surface area contributed by atoms with Gasteiger partial charge in [0.15, 0.2) is 22.9 Å². The number of benzene rings is 3. The molecule has 0 saturated carbocycles. The van der Waals surface area contributed by atoms with E-state index in [0.717, 1.165) is 5.56 Å². The molecule has 1 aliphatic heterocycles. The van der Waals surface area contributed by atoms with Gasteiger partial charge in [0, 0.05) is 5.56 Å². The van der Waals surface area contributed by atoms with Crippen LogP contribution in [-0.2, 0) is 16.9 Å². The molecular weight excluding hydrogens is 450 g/mol. The third-order valence-corrected chi connectivity index (χ3v) is 6.15. The molecule has 1 atom stereocenters. The van der Waals surface area contributed by atoms with E-state index in [-0.39, 0.29) is 12.1 Å². The summed E-state index contributed by atoms with van der Waals surface area (Å²) < 4.78 is 21.2. The van der Waals surface area contributed by atoms with Crippen LogP contribution in [0.5, 0.6) is 23.0 Å². The van der Waals surface area contributed by atoms with Crippen LogP contribution in [-0.4, -0.2) is 45.2 Å². The summed E-state index contributed by atoms with van der Waals surface area (Å²) in [5.41, 5.74) is -0.112. The van der Waals surface area contributed by atoms with Crippen LogP contribution in [0.25, 0.3) is 0 Å². The van der Waals surface area contributed by atoms with Crippen molar-refractivity contribution in [3.05, 3.63) is 77.4 Å². The van der Waals surface area contributed by atoms with Crippen molar-refractivity contribution in [2.45, 2.75) is 18.6 Å². The van der Waals surface area contributed by atoms with Crippen molar-refractivity contribution in [2.75, 3.05) is 33.3 Å². The Hall–Kier alpha value is -4.04. The van der Waals surface area contributed by atoms with Crippen molar-refractivity contribution < 1.29 is 33.6 Å². The normalized spacial score (nSPS) is 16.6. The maximum Gasteiger partial charge on any atom is 0.264 e. The summed E-state index contributed by atoms with van der Waals surface area (Å²) in [5, 5.41) is 11.6. The molecule has 3 aromatic rings. The number of Topliss-reactive ketones (excluding diaryl/α,β-unsaturated/α-hetero) is 1. The maximum absolute atomic E-state index is 13.6. The number of carbonyl (C=O) groups is 2. The first-order valence-corrected chi connectivity index (χ1v) is 11.0. The van der Waals surface area contributed by atoms with E-state index >= 15 is 0 Å². The molecule has 0 aliphatic carbocycles. The van der Waals surface area contributed by atoms with Gasteiger partial charge in [0.2, 0.25) is 0 Å². The number of carbonyl (C=O) groups excluding carboxylic acids is 2. The summed E-state index contributed by atoms with van der Waals surface area (Å²) in [6, 6.07) is 17.1. The Bertz CT molecular complexity index is 1270. The van der Waals surface area contributed by atoms with E-state index in [1.807, 2.05) is 6.07 Å². The molecule has 182 valence electrons. The third kappa shape index (κ3) is 4.28. The standard InChI is InChI=1S/C27H27NO7/c1-32-18-10-12-23(33-2)19(14-18)22(29)15-27(31)20-7-5-6-8-21(20)28(26(27)30)16-17-9-11-24(34-3)25(13-17)35-4/h5-14,31H,15-16H2,1-4H3. The van der Waals surface area contributed by atoms with Gasteiger partial charge in [-0.1, -0.05) is 24.3 Å². The molecule has 1 amide bonds. The minimum atomic E-state index is -2.03. The van der Waals surface area contributed by atoms with Gasteiger partial charge < -0.3 is 29.0 Å². The van der Waals surface area contributed by atoms with Crippen LogP contribution in [0.1, 0.15) is 27.9 Å². The predicted molar refractivity (Wildman–Crippen MR) is 130 cm³/mol. The molecule has 0 aromatic heterocycles. The quantitative estimate of drug-likeness (QED) is 0.469. The average molecular weight is 478 g/mol. The van der Waals surface area contributed by atoms with Gasteiger partial charge in [-0.05, 0) is 42.0 Å². The minimum absolute atomic E-state index is 0.176. The van der Waals surface area contributed by atoms with E-state index in [9.17, 15) is 14.7 Å². The Morgan fingerprint density at radius 2 is 1.54 bits per heavy atom. The van der Waals surface area contributed by atoms with Gasteiger partial charge in [-0.2, -0.15) is 0 Å². The van der Waals surface area contributed by atoms with Gasteiger partial charge in [-0.15, -0.1) is 0 Å². The zero-order valence-electron chi connectivity index (χ0n) is 20.0. The zero-order chi connectivity index (χ0) is 25.2. The van der Waals surface area contributed by atoms with Crippen LogP contribution in [0.3, 0.4) is 0 Å². The monoisotopic (exact) mass is 477 g/mol. The van der Waals surface area contributed by atoms with E-state index in [2.05, 4.69) is 0 Å². The molecule has 0 radical (unpaired) electrons. The highest BCUT2D eigenvalue weighted by Crippen LogP contribution is 2.44. The highest BCUT2D eigenvalue weighted by molar-refractivity contribution is 6.11. The second kappa shape index (κ2) is 9.68. The highest BCUT2D eigenvalue weighted by atomic mass is 16.5. The van der Waals surface area contributed by atoms with Crippen molar-refractivity contribution in [1.82, 2.24) is 0 Å². The number of para-hydroxylation sites is 1. The van der Waals surface area contributed by atoms with Crippen LogP contribution in [0.2, 0.25) is 0 Å². The molecule has 0 bridgehead atoms. The Kier molecular flexibility index (Phi) is 6.66. The number of fused-ring (bicyclic) bond motifs is 1. The lowest BCUT2D eigenvalue weighted by molar-refractivity contribution is -0.136. The van der Waals surface area contributed by atoms with Crippen molar-refractivity contribution >= 4 is 17.4 Å². The fraction of sp³-hybridized carbons (Fsp3) is 0.259. The van der Waals surface area contributed by atoms with Crippen LogP contribution in [0, 0.1) is 0 Å². The number of hydrogen-bond acceptors (Lipinski definition) is 7. The van der Waals surface area contributed by atoms with Crippen molar-refractivity contribution in [2.24, 2.45) is 0 Å². The molecule has 0 spiro atoms. The number of rotatable bonds is 9. The summed E-state index contributed by atoms with van der Waals surface area (Å²) in [7, 11) is 6.03. The smallest absolute Gasteiger partial charge is 0.264 e. The van der Waals surface area contributed by atoms with Crippen LogP contribution >= 0.6 is 0 Å². The van der Waals surface area contributed by atoms with Crippen molar-refractivity contribution in [3.63, 3.8) is 0 Å². The topological polar surface area (TPSA) is 94.5 Å². The molecule has 1 heterocycles. The summed E-state index contributed by atoms with van der Waals surface area (Å²) in [6.07, 6.45) is -0.450. The van der Waals surface area contributed by atoms with Gasteiger partial charge in [0.25, 0.3) is 5.91 Å². The Morgan fingerprint density at radius 1 is 0.857 bits per heavy atom. The van der Waals surface area contributed by atoms with Crippen molar-refractivity contribution in [1.29, 1.82) is 0 Å². The number of amides is 1. The minimum Gasteiger partial charge on any atom is -0.497 e. The van der Waals surface area contributed by atoms with E-state index in [4.69, 9.17) is 18.9 Å². The lowest BCUT2D eigenvalue weighted by Crippen LogP contribution is -2.41. The second-order valence-electron chi connectivity index (χ2n) is 8.12. The third-order valence-electron chi connectivity index (χ3n) is 6.15. The second-order valence-corrected chi connectivity index (χ2v) is 8.12. The molecule has 0 fully saturated rings. The van der Waals surface area contributed by atoms with Crippen LogP contribution in [0.15, 0.2) is 60.7 Å². The molecule has 8 heteroatoms. The first kappa shape index (κ1) is 24.1. The number of ether oxygens (including phenoxy) is 4. The average Bonchev–Trinajstić information content (AvgIpc) is 3.09. The Labute approximate surface area is 203 Å². The van der Waals surface area contributed by atoms with E-state index in [1.165, 1.54) is 32.3 Å². The maximum atomic E-state index is 13.6. The van der Waals surface area contributed by atoms with Gasteiger partial charge >= 0.3 is 0 Å². The van der Waals surface area contributed by atoms with E-state index in [0.29, 0.717) is 34.2 Å². The van der Waals surface area contributed by atoms with Gasteiger partial charge in [-0.25, -0.2) is 0 Å². The summed E-state index contributed by atoms with van der Waals surface area (Å²) in [5.74, 6) is 0.872.